The van der Waals surface area contributed by atoms with Gasteiger partial charge in [-0.05, 0) is 18.1 Å². The summed E-state index contributed by atoms with van der Waals surface area (Å²) in [5.74, 6) is 0.624. The van der Waals surface area contributed by atoms with Crippen molar-refractivity contribution in [1.29, 1.82) is 0 Å². The number of alkyl halides is 1. The minimum absolute atomic E-state index is 0.624. The Kier molecular flexibility index (Phi) is 4.71. The lowest BCUT2D eigenvalue weighted by Gasteiger charge is -2.22. The molecule has 2 rings (SSSR count). The fourth-order valence-electron chi connectivity index (χ4n) is 2.43. The van der Waals surface area contributed by atoms with Crippen LogP contribution in [-0.2, 0) is 10.1 Å². The number of nitrogens with zero attached hydrogens (tertiary/aromatic N) is 1. The number of hydrogen-bond donors (Lipinski definition) is 0. The molecule has 0 aromatic heterocycles. The van der Waals surface area contributed by atoms with Crippen molar-refractivity contribution in [2.75, 3.05) is 31.7 Å². The first-order valence-corrected chi connectivity index (χ1v) is 7.33. The molecule has 1 atom stereocenters. The minimum atomic E-state index is 0.624. The molecule has 1 unspecified atom stereocenters. The molecule has 1 heterocycles. The van der Waals surface area contributed by atoms with Gasteiger partial charge in [-0.15, -0.1) is 0 Å². The predicted octanol–water partition coefficient (Wildman–Crippen LogP) is 3.71. The number of methoxy groups -OCH3 is 1. The van der Waals surface area contributed by atoms with Crippen LogP contribution in [0.2, 0.25) is 5.02 Å². The number of hydrogen-bond acceptors (Lipinski definition) is 2. The fraction of sp³-hybridized carbons (Fsp3) is 0.538. The maximum Gasteiger partial charge on any atom is 0.0642 e. The Morgan fingerprint density at radius 3 is 3.06 bits per heavy atom. The number of anilines is 1. The molecule has 0 saturated carbocycles. The monoisotopic (exact) mass is 317 g/mol. The molecule has 0 N–H and O–H groups in total. The van der Waals surface area contributed by atoms with Crippen LogP contribution < -0.4 is 4.90 Å². The summed E-state index contributed by atoms with van der Waals surface area (Å²) in [5, 5.41) is 1.69. The quantitative estimate of drug-likeness (QED) is 0.785. The molecule has 0 radical (unpaired) electrons. The second-order valence-corrected chi connectivity index (χ2v) is 5.41. The second-order valence-electron chi connectivity index (χ2n) is 4.44. The Morgan fingerprint density at radius 1 is 1.53 bits per heavy atom. The van der Waals surface area contributed by atoms with Crippen LogP contribution in [0.5, 0.6) is 0 Å². The van der Waals surface area contributed by atoms with Crippen LogP contribution in [0.3, 0.4) is 0 Å². The maximum atomic E-state index is 6.32. The molecule has 17 heavy (non-hydrogen) atoms. The van der Waals surface area contributed by atoms with Crippen LogP contribution in [0.25, 0.3) is 0 Å². The van der Waals surface area contributed by atoms with Gasteiger partial charge in [0.25, 0.3) is 0 Å². The summed E-state index contributed by atoms with van der Waals surface area (Å²) < 4.78 is 5.23. The van der Waals surface area contributed by atoms with Crippen molar-refractivity contribution >= 4 is 33.2 Å². The van der Waals surface area contributed by atoms with E-state index in [1.165, 1.54) is 17.7 Å². The summed E-state index contributed by atoms with van der Waals surface area (Å²) in [6, 6.07) is 6.09. The van der Waals surface area contributed by atoms with E-state index >= 15 is 0 Å². The van der Waals surface area contributed by atoms with Gasteiger partial charge in [-0.25, -0.2) is 0 Å². The van der Waals surface area contributed by atoms with Gasteiger partial charge in [-0.3, -0.25) is 0 Å². The Labute approximate surface area is 116 Å². The molecule has 0 bridgehead atoms. The highest BCUT2D eigenvalue weighted by atomic mass is 79.9. The Balaban J connectivity index is 2.18. The van der Waals surface area contributed by atoms with E-state index in [0.717, 1.165) is 30.0 Å². The van der Waals surface area contributed by atoms with Gasteiger partial charge in [0.15, 0.2) is 0 Å². The van der Waals surface area contributed by atoms with Gasteiger partial charge in [0.05, 0.1) is 17.3 Å². The van der Waals surface area contributed by atoms with Crippen molar-refractivity contribution in [3.8, 4) is 0 Å². The highest BCUT2D eigenvalue weighted by Crippen LogP contribution is 2.34. The molecular formula is C13H17BrClNO. The summed E-state index contributed by atoms with van der Waals surface area (Å²) in [7, 11) is 1.77. The summed E-state index contributed by atoms with van der Waals surface area (Å²) in [6.45, 7) is 2.94. The van der Waals surface area contributed by atoms with E-state index in [-0.39, 0.29) is 0 Å². The van der Waals surface area contributed by atoms with E-state index in [0.29, 0.717) is 5.92 Å². The molecule has 0 spiro atoms. The number of benzene rings is 1. The van der Waals surface area contributed by atoms with E-state index in [1.54, 1.807) is 7.11 Å². The molecule has 1 aliphatic heterocycles. The first kappa shape index (κ1) is 13.2. The molecular weight excluding hydrogens is 302 g/mol. The summed E-state index contributed by atoms with van der Waals surface area (Å²) in [4.78, 5) is 2.38. The lowest BCUT2D eigenvalue weighted by Crippen LogP contribution is -2.22. The normalized spacial score (nSPS) is 19.9. The predicted molar refractivity (Wildman–Crippen MR) is 76.3 cm³/mol. The SMILES string of the molecule is COCC1CCN(c2c(Cl)cccc2CBr)C1. The highest BCUT2D eigenvalue weighted by Gasteiger charge is 2.25. The molecule has 1 fully saturated rings. The average molecular weight is 319 g/mol. The third-order valence-corrected chi connectivity index (χ3v) is 4.13. The van der Waals surface area contributed by atoms with Crippen molar-refractivity contribution in [3.05, 3.63) is 28.8 Å². The van der Waals surface area contributed by atoms with Gasteiger partial charge in [-0.2, -0.15) is 0 Å². The largest absolute Gasteiger partial charge is 0.384 e. The fourth-order valence-corrected chi connectivity index (χ4v) is 3.20. The molecule has 4 heteroatoms. The molecule has 1 saturated heterocycles. The number of rotatable bonds is 4. The Hall–Kier alpha value is -0.250. The minimum Gasteiger partial charge on any atom is -0.384 e. The van der Waals surface area contributed by atoms with E-state index in [9.17, 15) is 0 Å². The smallest absolute Gasteiger partial charge is 0.0642 e. The molecule has 0 aliphatic carbocycles. The first-order chi connectivity index (χ1) is 8.26. The van der Waals surface area contributed by atoms with Gasteiger partial charge in [0, 0.05) is 31.4 Å². The zero-order valence-corrected chi connectivity index (χ0v) is 12.3. The zero-order valence-electron chi connectivity index (χ0n) is 9.96. The van der Waals surface area contributed by atoms with Crippen molar-refractivity contribution in [2.24, 2.45) is 5.92 Å². The number of ether oxygens (including phenoxy) is 1. The number of para-hydroxylation sites is 1. The van der Waals surface area contributed by atoms with E-state index in [4.69, 9.17) is 16.3 Å². The van der Waals surface area contributed by atoms with Gasteiger partial charge >= 0.3 is 0 Å². The number of halogens is 2. The molecule has 2 nitrogen and oxygen atoms in total. The zero-order chi connectivity index (χ0) is 12.3. The van der Waals surface area contributed by atoms with Gasteiger partial charge < -0.3 is 9.64 Å². The standard InChI is InChI=1S/C13H17BrClNO/c1-17-9-10-5-6-16(8-10)13-11(7-14)3-2-4-12(13)15/h2-4,10H,5-9H2,1H3. The van der Waals surface area contributed by atoms with E-state index < -0.39 is 0 Å². The summed E-state index contributed by atoms with van der Waals surface area (Å²) in [6.07, 6.45) is 1.18. The Bertz CT molecular complexity index is 386. The van der Waals surface area contributed by atoms with Crippen LogP contribution >= 0.6 is 27.5 Å². The van der Waals surface area contributed by atoms with Crippen LogP contribution in [0.1, 0.15) is 12.0 Å². The average Bonchev–Trinajstić information content (AvgIpc) is 2.77. The van der Waals surface area contributed by atoms with Gasteiger partial charge in [0.1, 0.15) is 0 Å². The lowest BCUT2D eigenvalue weighted by atomic mass is 10.1. The van der Waals surface area contributed by atoms with E-state index in [2.05, 4.69) is 26.9 Å². The topological polar surface area (TPSA) is 12.5 Å². The summed E-state index contributed by atoms with van der Waals surface area (Å²) >= 11 is 9.84. The Morgan fingerprint density at radius 2 is 2.35 bits per heavy atom. The second kappa shape index (κ2) is 6.07. The van der Waals surface area contributed by atoms with Gasteiger partial charge in [-0.1, -0.05) is 39.7 Å². The molecule has 1 aliphatic rings. The molecule has 1 aromatic rings. The van der Waals surface area contributed by atoms with Crippen molar-refractivity contribution in [3.63, 3.8) is 0 Å². The molecule has 94 valence electrons. The van der Waals surface area contributed by atoms with Gasteiger partial charge in [0.2, 0.25) is 0 Å². The summed E-state index contributed by atoms with van der Waals surface area (Å²) in [5.41, 5.74) is 2.44. The third-order valence-electron chi connectivity index (χ3n) is 3.22. The van der Waals surface area contributed by atoms with Crippen LogP contribution in [0.4, 0.5) is 5.69 Å². The van der Waals surface area contributed by atoms with E-state index in [1.807, 2.05) is 12.1 Å². The maximum absolute atomic E-state index is 6.32. The lowest BCUT2D eigenvalue weighted by molar-refractivity contribution is 0.161. The van der Waals surface area contributed by atoms with Crippen LogP contribution in [0.15, 0.2) is 18.2 Å². The first-order valence-electron chi connectivity index (χ1n) is 5.83. The molecule has 0 amide bonds. The molecule has 1 aromatic carbocycles. The van der Waals surface area contributed by atoms with Crippen molar-refractivity contribution < 1.29 is 4.74 Å². The van der Waals surface area contributed by atoms with Crippen molar-refractivity contribution in [2.45, 2.75) is 11.8 Å². The van der Waals surface area contributed by atoms with Crippen molar-refractivity contribution in [1.82, 2.24) is 0 Å². The highest BCUT2D eigenvalue weighted by molar-refractivity contribution is 9.08. The van der Waals surface area contributed by atoms with Crippen LogP contribution in [-0.4, -0.2) is 26.8 Å². The third kappa shape index (κ3) is 2.95. The van der Waals surface area contributed by atoms with Crippen LogP contribution in [0, 0.1) is 5.92 Å².